The number of hydrogen-bond donors (Lipinski definition) is 1. The second-order valence-corrected chi connectivity index (χ2v) is 10.2. The summed E-state index contributed by atoms with van der Waals surface area (Å²) in [6.07, 6.45) is 0.170. The maximum absolute atomic E-state index is 12.8. The highest BCUT2D eigenvalue weighted by Gasteiger charge is 2.33. The molecule has 3 aliphatic rings. The van der Waals surface area contributed by atoms with Crippen molar-refractivity contribution in [2.24, 2.45) is 0 Å². The van der Waals surface area contributed by atoms with Crippen molar-refractivity contribution in [1.82, 2.24) is 9.62 Å². The van der Waals surface area contributed by atoms with E-state index in [9.17, 15) is 18.0 Å². The monoisotopic (exact) mass is 487 g/mol. The largest absolute Gasteiger partial charge is 0.486 e. The van der Waals surface area contributed by atoms with Crippen LogP contribution in [0.5, 0.6) is 11.5 Å². The lowest BCUT2D eigenvalue weighted by Crippen LogP contribution is -2.40. The maximum atomic E-state index is 12.8. The van der Waals surface area contributed by atoms with Gasteiger partial charge in [0.2, 0.25) is 15.9 Å². The highest BCUT2D eigenvalue weighted by molar-refractivity contribution is 7.89. The highest BCUT2D eigenvalue weighted by Crippen LogP contribution is 2.35. The smallest absolute Gasteiger partial charge is 0.251 e. The lowest BCUT2D eigenvalue weighted by Gasteiger charge is -2.26. The molecule has 0 bridgehead atoms. The van der Waals surface area contributed by atoms with E-state index in [1.807, 2.05) is 0 Å². The minimum atomic E-state index is -3.63. The van der Waals surface area contributed by atoms with Gasteiger partial charge < -0.3 is 24.4 Å². The van der Waals surface area contributed by atoms with Crippen molar-refractivity contribution in [1.29, 1.82) is 0 Å². The van der Waals surface area contributed by atoms with Crippen molar-refractivity contribution >= 4 is 27.5 Å². The Morgan fingerprint density at radius 1 is 0.941 bits per heavy atom. The fourth-order valence-electron chi connectivity index (χ4n) is 4.24. The molecule has 2 amide bonds. The number of benzene rings is 2. The van der Waals surface area contributed by atoms with E-state index in [0.717, 1.165) is 0 Å². The Balaban J connectivity index is 1.23. The van der Waals surface area contributed by atoms with Crippen molar-refractivity contribution in [3.05, 3.63) is 48.0 Å². The molecule has 1 atom stereocenters. The van der Waals surface area contributed by atoms with Gasteiger partial charge in [-0.15, -0.1) is 0 Å². The third kappa shape index (κ3) is 4.46. The number of amides is 2. The molecule has 0 aliphatic carbocycles. The first-order chi connectivity index (χ1) is 16.4. The first kappa shape index (κ1) is 22.6. The Morgan fingerprint density at radius 3 is 2.38 bits per heavy atom. The molecule has 0 radical (unpaired) electrons. The molecule has 3 heterocycles. The number of carbonyl (C=O) groups excluding carboxylic acids is 2. The second-order valence-electron chi connectivity index (χ2n) is 8.25. The van der Waals surface area contributed by atoms with Crippen LogP contribution in [-0.2, 0) is 19.6 Å². The number of fused-ring (bicyclic) bond motifs is 1. The highest BCUT2D eigenvalue weighted by atomic mass is 32.2. The molecule has 0 unspecified atom stereocenters. The molecular weight excluding hydrogens is 462 g/mol. The molecule has 11 heteroatoms. The predicted octanol–water partition coefficient (Wildman–Crippen LogP) is 1.01. The number of nitrogens with zero attached hydrogens (tertiary/aromatic N) is 2. The molecule has 3 aliphatic heterocycles. The Kier molecular flexibility index (Phi) is 6.15. The number of morpholine rings is 1. The zero-order chi connectivity index (χ0) is 23.7. The van der Waals surface area contributed by atoms with Crippen LogP contribution in [0.25, 0.3) is 0 Å². The van der Waals surface area contributed by atoms with Crippen LogP contribution in [-0.4, -0.2) is 76.6 Å². The summed E-state index contributed by atoms with van der Waals surface area (Å²) in [4.78, 5) is 27.1. The molecule has 2 aromatic carbocycles. The molecule has 180 valence electrons. The summed E-state index contributed by atoms with van der Waals surface area (Å²) in [7, 11) is -3.63. The number of anilines is 1. The van der Waals surface area contributed by atoms with Crippen molar-refractivity contribution in [3.63, 3.8) is 0 Å². The van der Waals surface area contributed by atoms with E-state index in [4.69, 9.17) is 14.2 Å². The minimum Gasteiger partial charge on any atom is -0.486 e. The molecule has 34 heavy (non-hydrogen) atoms. The van der Waals surface area contributed by atoms with E-state index in [1.54, 1.807) is 23.1 Å². The SMILES string of the molecule is O=C(N[C@@H]1CC(=O)N(c2ccc3c(c2)OCCO3)C1)c1ccc(S(=O)(=O)N2CCOCC2)cc1. The summed E-state index contributed by atoms with van der Waals surface area (Å²) in [5.74, 6) is 0.771. The van der Waals surface area contributed by atoms with Crippen molar-refractivity contribution in [3.8, 4) is 11.5 Å². The molecule has 2 aromatic rings. The third-order valence-corrected chi connectivity index (χ3v) is 7.93. The summed E-state index contributed by atoms with van der Waals surface area (Å²) in [5.41, 5.74) is 1.01. The third-order valence-electron chi connectivity index (χ3n) is 6.02. The summed E-state index contributed by atoms with van der Waals surface area (Å²) < 4.78 is 43.2. The molecule has 0 saturated carbocycles. The normalized spacial score (nSPS) is 20.9. The molecule has 2 fully saturated rings. The van der Waals surface area contributed by atoms with Crippen LogP contribution < -0.4 is 19.7 Å². The summed E-state index contributed by atoms with van der Waals surface area (Å²) in [6.45, 7) is 2.61. The fourth-order valence-corrected chi connectivity index (χ4v) is 5.64. The number of sulfonamides is 1. The number of hydrogen-bond acceptors (Lipinski definition) is 7. The summed E-state index contributed by atoms with van der Waals surface area (Å²) in [5, 5.41) is 2.88. The quantitative estimate of drug-likeness (QED) is 0.670. The number of carbonyl (C=O) groups is 2. The predicted molar refractivity (Wildman–Crippen MR) is 122 cm³/mol. The van der Waals surface area contributed by atoms with Crippen LogP contribution in [0, 0.1) is 0 Å². The summed E-state index contributed by atoms with van der Waals surface area (Å²) in [6, 6.07) is 10.8. The average Bonchev–Trinajstić information content (AvgIpc) is 3.24. The van der Waals surface area contributed by atoms with Crippen molar-refractivity contribution in [2.45, 2.75) is 17.4 Å². The van der Waals surface area contributed by atoms with E-state index in [0.29, 0.717) is 68.8 Å². The summed E-state index contributed by atoms with van der Waals surface area (Å²) >= 11 is 0. The van der Waals surface area contributed by atoms with Crippen LogP contribution in [0.4, 0.5) is 5.69 Å². The lowest BCUT2D eigenvalue weighted by atomic mass is 10.2. The Bertz CT molecular complexity index is 1190. The zero-order valence-electron chi connectivity index (χ0n) is 18.4. The number of nitrogens with one attached hydrogen (secondary N) is 1. The van der Waals surface area contributed by atoms with Gasteiger partial charge in [0.25, 0.3) is 5.91 Å². The standard InChI is InChI=1S/C23H25N3O7S/c27-22-13-17(15-26(22)18-3-6-20-21(14-18)33-12-11-32-20)24-23(28)16-1-4-19(5-2-16)34(29,30)25-7-9-31-10-8-25/h1-6,14,17H,7-13,15H2,(H,24,28)/t17-/m1/s1. The Hall–Kier alpha value is -3.15. The van der Waals surface area contributed by atoms with E-state index >= 15 is 0 Å². The number of rotatable bonds is 5. The van der Waals surface area contributed by atoms with E-state index in [1.165, 1.54) is 28.6 Å². The Morgan fingerprint density at radius 2 is 1.65 bits per heavy atom. The van der Waals surface area contributed by atoms with E-state index < -0.39 is 10.0 Å². The molecular formula is C23H25N3O7S. The second kappa shape index (κ2) is 9.24. The molecule has 5 rings (SSSR count). The first-order valence-electron chi connectivity index (χ1n) is 11.1. The van der Waals surface area contributed by atoms with Gasteiger partial charge in [0.15, 0.2) is 11.5 Å². The van der Waals surface area contributed by atoms with Crippen LogP contribution in [0.2, 0.25) is 0 Å². The minimum absolute atomic E-state index is 0.103. The average molecular weight is 488 g/mol. The molecule has 10 nitrogen and oxygen atoms in total. The van der Waals surface area contributed by atoms with Crippen LogP contribution in [0.3, 0.4) is 0 Å². The van der Waals surface area contributed by atoms with E-state index in [-0.39, 0.29) is 29.2 Å². The fraction of sp³-hybridized carbons (Fsp3) is 0.391. The van der Waals surface area contributed by atoms with Crippen LogP contribution in [0.1, 0.15) is 16.8 Å². The molecule has 0 aromatic heterocycles. The van der Waals surface area contributed by atoms with Gasteiger partial charge in [-0.3, -0.25) is 9.59 Å². The van der Waals surface area contributed by atoms with Gasteiger partial charge in [-0.05, 0) is 36.4 Å². The van der Waals surface area contributed by atoms with Crippen molar-refractivity contribution < 1.29 is 32.2 Å². The zero-order valence-corrected chi connectivity index (χ0v) is 19.3. The molecule has 0 spiro atoms. The van der Waals surface area contributed by atoms with E-state index in [2.05, 4.69) is 5.32 Å². The van der Waals surface area contributed by atoms with Gasteiger partial charge in [0.05, 0.1) is 24.2 Å². The van der Waals surface area contributed by atoms with Gasteiger partial charge in [-0.2, -0.15) is 4.31 Å². The Labute approximate surface area is 197 Å². The lowest BCUT2D eigenvalue weighted by molar-refractivity contribution is -0.117. The van der Waals surface area contributed by atoms with Gasteiger partial charge in [0.1, 0.15) is 13.2 Å². The van der Waals surface area contributed by atoms with Crippen molar-refractivity contribution in [2.75, 3.05) is 51.0 Å². The van der Waals surface area contributed by atoms with Gasteiger partial charge in [0, 0.05) is 43.4 Å². The molecule has 1 N–H and O–H groups in total. The maximum Gasteiger partial charge on any atom is 0.251 e. The van der Waals surface area contributed by atoms with Gasteiger partial charge >= 0.3 is 0 Å². The van der Waals surface area contributed by atoms with Crippen LogP contribution in [0.15, 0.2) is 47.4 Å². The first-order valence-corrected chi connectivity index (χ1v) is 12.5. The van der Waals surface area contributed by atoms with Gasteiger partial charge in [-0.1, -0.05) is 0 Å². The molecule has 2 saturated heterocycles. The topological polar surface area (TPSA) is 114 Å². The van der Waals surface area contributed by atoms with Crippen LogP contribution >= 0.6 is 0 Å². The number of ether oxygens (including phenoxy) is 3. The van der Waals surface area contributed by atoms with Gasteiger partial charge in [-0.25, -0.2) is 8.42 Å².